The average Bonchev–Trinajstić information content (AvgIpc) is 2.74. The maximum atomic E-state index is 4.42. The lowest BCUT2D eigenvalue weighted by atomic mass is 9.98. The van der Waals surface area contributed by atoms with E-state index in [1.165, 1.54) is 0 Å². The van der Waals surface area contributed by atoms with Crippen LogP contribution in [0.25, 0.3) is 27.6 Å². The Hall–Kier alpha value is -3.92. The molecule has 0 spiro atoms. The summed E-state index contributed by atoms with van der Waals surface area (Å²) in [5.74, 6) is 0.751. The lowest BCUT2D eigenvalue weighted by Gasteiger charge is -2.35. The first-order valence-corrected chi connectivity index (χ1v) is 9.47. The van der Waals surface area contributed by atoms with E-state index < -0.39 is 0 Å². The second-order valence-corrected chi connectivity index (χ2v) is 7.13. The molecule has 3 heterocycles. The first kappa shape index (κ1) is 17.2. The first-order valence-electron chi connectivity index (χ1n) is 9.47. The molecule has 29 heavy (non-hydrogen) atoms. The highest BCUT2D eigenvalue weighted by molar-refractivity contribution is 6.01. The Morgan fingerprint density at radius 3 is 2.66 bits per heavy atom. The minimum Gasteiger partial charge on any atom is -0.341 e. The van der Waals surface area contributed by atoms with E-state index in [1.54, 1.807) is 0 Å². The normalized spacial score (nSPS) is 13.3. The molecule has 0 amide bonds. The van der Waals surface area contributed by atoms with Crippen LogP contribution in [0, 0.1) is 6.92 Å². The third kappa shape index (κ3) is 2.77. The highest BCUT2D eigenvalue weighted by Gasteiger charge is 2.25. The van der Waals surface area contributed by atoms with E-state index in [1.807, 2.05) is 48.6 Å². The van der Waals surface area contributed by atoms with Gasteiger partial charge in [-0.1, -0.05) is 55.6 Å². The summed E-state index contributed by atoms with van der Waals surface area (Å²) in [4.78, 5) is 10.9. The van der Waals surface area contributed by atoms with E-state index in [0.29, 0.717) is 0 Å². The number of nitrogens with zero attached hydrogens (tertiary/aromatic N) is 3. The van der Waals surface area contributed by atoms with Crippen molar-refractivity contribution in [1.29, 1.82) is 0 Å². The van der Waals surface area contributed by atoms with Crippen molar-refractivity contribution < 1.29 is 0 Å². The summed E-state index contributed by atoms with van der Waals surface area (Å²) in [5, 5.41) is 5.65. The molecular weight excluding hydrogens is 356 g/mol. The number of benzene rings is 2. The average molecular weight is 376 g/mol. The molecule has 0 aliphatic carbocycles. The Morgan fingerprint density at radius 2 is 1.79 bits per heavy atom. The lowest BCUT2D eigenvalue weighted by Crippen LogP contribution is -2.29. The molecule has 140 valence electrons. The molecule has 0 saturated heterocycles. The minimum absolute atomic E-state index is 0.751. The SMILES string of the molecule is C=C1Nc2cc(-c3cccnc3C)ccc2C(=C)N1c1cncc2ccccc12. The molecule has 0 fully saturated rings. The van der Waals surface area contributed by atoms with Crippen molar-refractivity contribution in [3.8, 4) is 11.1 Å². The van der Waals surface area contributed by atoms with Crippen molar-refractivity contribution >= 4 is 27.8 Å². The fourth-order valence-electron chi connectivity index (χ4n) is 3.92. The zero-order valence-electron chi connectivity index (χ0n) is 16.2. The molecule has 1 N–H and O–H groups in total. The van der Waals surface area contributed by atoms with E-state index in [-0.39, 0.29) is 0 Å². The van der Waals surface area contributed by atoms with E-state index in [0.717, 1.165) is 56.0 Å². The summed E-state index contributed by atoms with van der Waals surface area (Å²) >= 11 is 0. The summed E-state index contributed by atoms with van der Waals surface area (Å²) in [6.07, 6.45) is 5.55. The van der Waals surface area contributed by atoms with Gasteiger partial charge < -0.3 is 5.32 Å². The molecule has 1 aliphatic rings. The van der Waals surface area contributed by atoms with Crippen LogP contribution < -0.4 is 10.2 Å². The van der Waals surface area contributed by atoms with Crippen molar-refractivity contribution in [1.82, 2.24) is 9.97 Å². The van der Waals surface area contributed by atoms with Crippen molar-refractivity contribution in [2.45, 2.75) is 6.92 Å². The zero-order chi connectivity index (χ0) is 20.0. The number of fused-ring (bicyclic) bond motifs is 2. The van der Waals surface area contributed by atoms with Gasteiger partial charge in [-0.25, -0.2) is 0 Å². The third-order valence-corrected chi connectivity index (χ3v) is 5.36. The van der Waals surface area contributed by atoms with Gasteiger partial charge in [0.05, 0.1) is 11.9 Å². The molecular formula is C25H20N4. The lowest BCUT2D eigenvalue weighted by molar-refractivity contribution is 1.14. The third-order valence-electron chi connectivity index (χ3n) is 5.36. The number of aryl methyl sites for hydroxylation is 1. The molecule has 4 aromatic rings. The number of pyridine rings is 2. The smallest absolute Gasteiger partial charge is 0.108 e. The molecule has 5 rings (SSSR count). The van der Waals surface area contributed by atoms with Crippen LogP contribution in [0.4, 0.5) is 11.4 Å². The Balaban J connectivity index is 1.60. The van der Waals surface area contributed by atoms with Crippen molar-refractivity contribution in [2.24, 2.45) is 0 Å². The van der Waals surface area contributed by atoms with Crippen molar-refractivity contribution in [3.63, 3.8) is 0 Å². The van der Waals surface area contributed by atoms with Gasteiger partial charge in [-0.2, -0.15) is 0 Å². The van der Waals surface area contributed by atoms with Crippen LogP contribution in [0.1, 0.15) is 11.3 Å². The highest BCUT2D eigenvalue weighted by atomic mass is 15.3. The Kier molecular flexibility index (Phi) is 3.91. The topological polar surface area (TPSA) is 41.1 Å². The molecule has 0 radical (unpaired) electrons. The summed E-state index contributed by atoms with van der Waals surface area (Å²) in [6, 6.07) is 18.6. The summed E-state index contributed by atoms with van der Waals surface area (Å²) in [5.41, 5.74) is 7.10. The second-order valence-electron chi connectivity index (χ2n) is 7.13. The second kappa shape index (κ2) is 6.60. The van der Waals surface area contributed by atoms with Gasteiger partial charge in [0, 0.05) is 51.4 Å². The highest BCUT2D eigenvalue weighted by Crippen LogP contribution is 2.41. The van der Waals surface area contributed by atoms with Gasteiger partial charge in [-0.05, 0) is 24.6 Å². The van der Waals surface area contributed by atoms with Crippen LogP contribution in [0.15, 0.2) is 92.2 Å². The molecule has 2 aromatic heterocycles. The molecule has 0 bridgehead atoms. The van der Waals surface area contributed by atoms with Crippen LogP contribution in [0.3, 0.4) is 0 Å². The first-order chi connectivity index (χ1) is 14.1. The molecule has 4 nitrogen and oxygen atoms in total. The quantitative estimate of drug-likeness (QED) is 0.467. The number of aromatic nitrogens is 2. The Morgan fingerprint density at radius 1 is 0.931 bits per heavy atom. The van der Waals surface area contributed by atoms with Crippen LogP contribution in [0.2, 0.25) is 0 Å². The van der Waals surface area contributed by atoms with Crippen molar-refractivity contribution in [2.75, 3.05) is 10.2 Å². The van der Waals surface area contributed by atoms with Crippen LogP contribution >= 0.6 is 0 Å². The van der Waals surface area contributed by atoms with Gasteiger partial charge >= 0.3 is 0 Å². The number of hydrogen-bond acceptors (Lipinski definition) is 4. The van der Waals surface area contributed by atoms with Gasteiger partial charge in [0.2, 0.25) is 0 Å². The number of rotatable bonds is 2. The van der Waals surface area contributed by atoms with E-state index in [2.05, 4.69) is 64.8 Å². The number of nitrogens with one attached hydrogen (secondary N) is 1. The summed E-state index contributed by atoms with van der Waals surface area (Å²) in [7, 11) is 0. The Bertz CT molecular complexity index is 1280. The fraction of sp³-hybridized carbons (Fsp3) is 0.0400. The monoisotopic (exact) mass is 376 g/mol. The number of hydrogen-bond donors (Lipinski definition) is 1. The van der Waals surface area contributed by atoms with E-state index in [4.69, 9.17) is 0 Å². The fourth-order valence-corrected chi connectivity index (χ4v) is 3.92. The molecule has 4 heteroatoms. The van der Waals surface area contributed by atoms with E-state index >= 15 is 0 Å². The summed E-state index contributed by atoms with van der Waals surface area (Å²) < 4.78 is 0. The standard InChI is InChI=1S/C25H20N4/c1-16-21(9-6-12-27-16)19-10-11-22-17(2)29(18(3)28-24(22)13-19)25-15-26-14-20-7-4-5-8-23(20)25/h4-15,28H,2-3H2,1H3. The molecule has 0 saturated carbocycles. The van der Waals surface area contributed by atoms with E-state index in [9.17, 15) is 0 Å². The predicted octanol–water partition coefficient (Wildman–Crippen LogP) is 5.98. The summed E-state index contributed by atoms with van der Waals surface area (Å²) in [6.45, 7) is 10.7. The van der Waals surface area contributed by atoms with Gasteiger partial charge in [0.15, 0.2) is 0 Å². The van der Waals surface area contributed by atoms with Crippen molar-refractivity contribution in [3.05, 3.63) is 103 Å². The van der Waals surface area contributed by atoms with Gasteiger partial charge in [-0.3, -0.25) is 14.9 Å². The van der Waals surface area contributed by atoms with Gasteiger partial charge in [0.1, 0.15) is 5.82 Å². The maximum Gasteiger partial charge on any atom is 0.108 e. The predicted molar refractivity (Wildman–Crippen MR) is 120 cm³/mol. The molecule has 0 atom stereocenters. The largest absolute Gasteiger partial charge is 0.341 e. The molecule has 2 aromatic carbocycles. The minimum atomic E-state index is 0.751. The zero-order valence-corrected chi connectivity index (χ0v) is 16.2. The van der Waals surface area contributed by atoms with Gasteiger partial charge in [0.25, 0.3) is 0 Å². The van der Waals surface area contributed by atoms with Gasteiger partial charge in [-0.15, -0.1) is 0 Å². The van der Waals surface area contributed by atoms with Crippen LogP contribution in [-0.4, -0.2) is 9.97 Å². The maximum absolute atomic E-state index is 4.42. The Labute approximate surface area is 169 Å². The van der Waals surface area contributed by atoms with Crippen LogP contribution in [0.5, 0.6) is 0 Å². The number of anilines is 2. The molecule has 1 aliphatic heterocycles. The molecule has 0 unspecified atom stereocenters. The van der Waals surface area contributed by atoms with Crippen LogP contribution in [-0.2, 0) is 0 Å².